The number of amides is 2. The van der Waals surface area contributed by atoms with Crippen molar-refractivity contribution in [1.82, 2.24) is 20.3 Å². The van der Waals surface area contributed by atoms with E-state index in [1.807, 2.05) is 24.3 Å². The van der Waals surface area contributed by atoms with Gasteiger partial charge in [0, 0.05) is 19.6 Å². The van der Waals surface area contributed by atoms with Crippen molar-refractivity contribution in [3.8, 4) is 0 Å². The molecular weight excluding hydrogens is 468 g/mol. The maximum Gasteiger partial charge on any atom is 0.337 e. The average Bonchev–Trinajstić information content (AvgIpc) is 3.62. The highest BCUT2D eigenvalue weighted by atomic mass is 32.2. The SMILES string of the molecule is CC(NS(=O)(=O)c1ccc2ccccc2c1)C(=O)C1([N]C(=O)NCC2CCN(C(=N)N)CC2)CC1. The van der Waals surface area contributed by atoms with Crippen molar-refractivity contribution in [2.75, 3.05) is 19.6 Å². The second kappa shape index (κ2) is 9.82. The van der Waals surface area contributed by atoms with Gasteiger partial charge in [-0.1, -0.05) is 30.3 Å². The minimum absolute atomic E-state index is 0.0574. The number of urea groups is 1. The highest BCUT2D eigenvalue weighted by molar-refractivity contribution is 7.89. The number of piperidine rings is 1. The van der Waals surface area contributed by atoms with Gasteiger partial charge in [-0.3, -0.25) is 10.2 Å². The van der Waals surface area contributed by atoms with Crippen LogP contribution in [-0.2, 0) is 14.8 Å². The molecule has 1 unspecified atom stereocenters. The predicted octanol–water partition coefficient (Wildman–Crippen LogP) is 1.53. The molecule has 2 fully saturated rings. The number of hydrogen-bond acceptors (Lipinski definition) is 5. The number of rotatable bonds is 8. The van der Waals surface area contributed by atoms with Gasteiger partial charge in [-0.25, -0.2) is 23.3 Å². The van der Waals surface area contributed by atoms with E-state index in [9.17, 15) is 18.0 Å². The lowest BCUT2D eigenvalue weighted by Gasteiger charge is -2.32. The van der Waals surface area contributed by atoms with Gasteiger partial charge in [-0.2, -0.15) is 0 Å². The zero-order chi connectivity index (χ0) is 25.2. The molecule has 1 saturated heterocycles. The van der Waals surface area contributed by atoms with Crippen LogP contribution in [0.25, 0.3) is 10.8 Å². The van der Waals surface area contributed by atoms with E-state index in [-0.39, 0.29) is 16.8 Å². The summed E-state index contributed by atoms with van der Waals surface area (Å²) in [6.45, 7) is 3.26. The standard InChI is InChI=1S/C24H31N6O4S/c1-16(29-35(33,34)20-7-6-18-4-2-3-5-19(18)14-20)21(31)24(10-11-24)28-23(32)27-15-17-8-12-30(13-9-17)22(25)26/h2-7,14,16-17,29H,8-13,15H2,1H3,(H3,25,26)(H,27,32). The third kappa shape index (κ3) is 5.73. The first-order valence-corrected chi connectivity index (χ1v) is 13.2. The molecule has 35 heavy (non-hydrogen) atoms. The first-order valence-electron chi connectivity index (χ1n) is 11.7. The van der Waals surface area contributed by atoms with Crippen molar-refractivity contribution >= 4 is 38.6 Å². The summed E-state index contributed by atoms with van der Waals surface area (Å²) in [4.78, 5) is 27.4. The number of carbonyl (C=O) groups excluding carboxylic acids is 2. The molecule has 187 valence electrons. The minimum atomic E-state index is -3.93. The lowest BCUT2D eigenvalue weighted by atomic mass is 9.97. The Balaban J connectivity index is 1.31. The molecule has 1 aliphatic heterocycles. The number of nitrogens with one attached hydrogen (secondary N) is 3. The third-order valence-corrected chi connectivity index (χ3v) is 8.29. The van der Waals surface area contributed by atoms with Gasteiger partial charge in [-0.05, 0) is 61.4 Å². The van der Waals surface area contributed by atoms with Gasteiger partial charge < -0.3 is 16.0 Å². The number of guanidine groups is 1. The summed E-state index contributed by atoms with van der Waals surface area (Å²) >= 11 is 0. The molecule has 0 aromatic heterocycles. The second-order valence-electron chi connectivity index (χ2n) is 9.36. The van der Waals surface area contributed by atoms with Gasteiger partial charge in [0.15, 0.2) is 11.7 Å². The van der Waals surface area contributed by atoms with E-state index in [4.69, 9.17) is 11.1 Å². The lowest BCUT2D eigenvalue weighted by Crippen LogP contribution is -2.51. The summed E-state index contributed by atoms with van der Waals surface area (Å²) < 4.78 is 28.3. The minimum Gasteiger partial charge on any atom is -0.370 e. The average molecular weight is 500 g/mol. The van der Waals surface area contributed by atoms with Crippen molar-refractivity contribution in [3.05, 3.63) is 42.5 Å². The Labute approximate surface area is 205 Å². The van der Waals surface area contributed by atoms with E-state index < -0.39 is 33.4 Å². The van der Waals surface area contributed by atoms with Crippen LogP contribution in [0.4, 0.5) is 4.79 Å². The molecule has 1 atom stereocenters. The predicted molar refractivity (Wildman–Crippen MR) is 132 cm³/mol. The van der Waals surface area contributed by atoms with Crippen LogP contribution in [0.3, 0.4) is 0 Å². The molecule has 0 bridgehead atoms. The third-order valence-electron chi connectivity index (χ3n) is 6.75. The number of nitrogens with two attached hydrogens (primary N) is 1. The highest BCUT2D eigenvalue weighted by Crippen LogP contribution is 2.38. The van der Waals surface area contributed by atoms with E-state index >= 15 is 0 Å². The fraction of sp³-hybridized carbons (Fsp3) is 0.458. The zero-order valence-electron chi connectivity index (χ0n) is 19.7. The van der Waals surface area contributed by atoms with Crippen molar-refractivity contribution in [1.29, 1.82) is 5.41 Å². The van der Waals surface area contributed by atoms with Gasteiger partial charge in [0.25, 0.3) is 0 Å². The van der Waals surface area contributed by atoms with Crippen molar-refractivity contribution in [2.45, 2.75) is 49.1 Å². The van der Waals surface area contributed by atoms with Crippen molar-refractivity contribution < 1.29 is 18.0 Å². The summed E-state index contributed by atoms with van der Waals surface area (Å²) in [5.41, 5.74) is 4.33. The number of benzene rings is 2. The monoisotopic (exact) mass is 499 g/mol. The van der Waals surface area contributed by atoms with Crippen LogP contribution < -0.4 is 21.1 Å². The summed E-state index contributed by atoms with van der Waals surface area (Å²) in [6.07, 6.45) is 2.44. The quantitative estimate of drug-likeness (QED) is 0.318. The fourth-order valence-electron chi connectivity index (χ4n) is 4.47. The Morgan fingerprint density at radius 1 is 1.17 bits per heavy atom. The Hall–Kier alpha value is -3.18. The molecule has 2 amide bonds. The number of hydrogen-bond donors (Lipinski definition) is 4. The summed E-state index contributed by atoms with van der Waals surface area (Å²) in [5.74, 6) is -0.0999. The van der Waals surface area contributed by atoms with Gasteiger partial charge in [0.2, 0.25) is 10.0 Å². The molecule has 5 N–H and O–H groups in total. The summed E-state index contributed by atoms with van der Waals surface area (Å²) in [7, 11) is -3.93. The molecule has 1 radical (unpaired) electrons. The number of Topliss-reactive ketones (excluding diaryl/α,β-unsaturated/α-hetero) is 1. The number of likely N-dealkylation sites (tertiary alicyclic amines) is 1. The van der Waals surface area contributed by atoms with Crippen molar-refractivity contribution in [3.63, 3.8) is 0 Å². The first-order chi connectivity index (χ1) is 16.6. The van der Waals surface area contributed by atoms with Crippen LogP contribution in [0.5, 0.6) is 0 Å². The van der Waals surface area contributed by atoms with Gasteiger partial charge in [0.05, 0.1) is 10.9 Å². The van der Waals surface area contributed by atoms with Crippen molar-refractivity contribution in [2.24, 2.45) is 11.7 Å². The Bertz CT molecular complexity index is 1240. The molecular formula is C24H31N6O4S. The number of ketones is 1. The summed E-state index contributed by atoms with van der Waals surface area (Å²) in [6, 6.07) is 10.6. The van der Waals surface area contributed by atoms with Crippen LogP contribution in [0.2, 0.25) is 0 Å². The van der Waals surface area contributed by atoms with Gasteiger partial charge >= 0.3 is 6.03 Å². The molecule has 11 heteroatoms. The molecule has 1 heterocycles. The Kier molecular flexibility index (Phi) is 7.00. The topological polar surface area (TPSA) is 160 Å². The maximum atomic E-state index is 13.1. The van der Waals surface area contributed by atoms with E-state index in [1.54, 1.807) is 17.0 Å². The van der Waals surface area contributed by atoms with Crippen LogP contribution >= 0.6 is 0 Å². The molecule has 4 rings (SSSR count). The normalized spacial score (nSPS) is 18.6. The molecule has 2 aromatic carbocycles. The first kappa shape index (κ1) is 24.9. The van der Waals surface area contributed by atoms with E-state index in [0.717, 1.165) is 23.6 Å². The van der Waals surface area contributed by atoms with Crippen LogP contribution in [-0.4, -0.2) is 62.3 Å². The molecule has 10 nitrogen and oxygen atoms in total. The second-order valence-corrected chi connectivity index (χ2v) is 11.1. The Morgan fingerprint density at radius 3 is 2.46 bits per heavy atom. The Morgan fingerprint density at radius 2 is 1.83 bits per heavy atom. The molecule has 1 saturated carbocycles. The number of fused-ring (bicyclic) bond motifs is 1. The molecule has 2 aliphatic rings. The zero-order valence-corrected chi connectivity index (χ0v) is 20.5. The van der Waals surface area contributed by atoms with Gasteiger partial charge in [-0.15, -0.1) is 0 Å². The number of nitrogens with zero attached hydrogens (tertiary/aromatic N) is 2. The summed E-state index contributed by atoms with van der Waals surface area (Å²) in [5, 5.41) is 16.1. The van der Waals surface area contributed by atoms with Gasteiger partial charge in [0.1, 0.15) is 5.54 Å². The number of carbonyl (C=O) groups is 2. The molecule has 0 spiro atoms. The smallest absolute Gasteiger partial charge is 0.337 e. The number of sulfonamides is 1. The van der Waals surface area contributed by atoms with Crippen LogP contribution in [0, 0.1) is 11.3 Å². The highest BCUT2D eigenvalue weighted by Gasteiger charge is 2.54. The largest absolute Gasteiger partial charge is 0.370 e. The lowest BCUT2D eigenvalue weighted by molar-refractivity contribution is -0.123. The van der Waals surface area contributed by atoms with E-state index in [0.29, 0.717) is 32.5 Å². The fourth-order valence-corrected chi connectivity index (χ4v) is 5.70. The maximum absolute atomic E-state index is 13.1. The molecule has 1 aliphatic carbocycles. The van der Waals surface area contributed by atoms with Crippen LogP contribution in [0.1, 0.15) is 32.6 Å². The van der Waals surface area contributed by atoms with E-state index in [2.05, 4.69) is 15.4 Å². The van der Waals surface area contributed by atoms with E-state index in [1.165, 1.54) is 13.0 Å². The van der Waals surface area contributed by atoms with Crippen LogP contribution in [0.15, 0.2) is 47.4 Å². The molecule has 2 aromatic rings.